The van der Waals surface area contributed by atoms with Crippen molar-refractivity contribution in [2.75, 3.05) is 13.1 Å². The molecule has 0 radical (unpaired) electrons. The van der Waals surface area contributed by atoms with Crippen molar-refractivity contribution in [1.82, 2.24) is 14.3 Å². The number of ether oxygens (including phenoxy) is 1. The third-order valence-electron chi connectivity index (χ3n) is 3.35. The van der Waals surface area contributed by atoms with Crippen molar-refractivity contribution in [2.24, 2.45) is 0 Å². The molecule has 0 saturated carbocycles. The average molecular weight is 310 g/mol. The Balaban J connectivity index is 2.11. The quantitative estimate of drug-likeness (QED) is 0.821. The van der Waals surface area contributed by atoms with Gasteiger partial charge in [-0.2, -0.15) is 9.57 Å². The van der Waals surface area contributed by atoms with Gasteiger partial charge in [-0.25, -0.2) is 18.4 Å². The lowest BCUT2D eigenvalue weighted by atomic mass is 10.1. The predicted molar refractivity (Wildman–Crippen MR) is 76.0 cm³/mol. The summed E-state index contributed by atoms with van der Waals surface area (Å²) in [6.07, 6.45) is 4.00. The summed E-state index contributed by atoms with van der Waals surface area (Å²) in [5, 5.41) is 8.51. The van der Waals surface area contributed by atoms with Gasteiger partial charge in [0.2, 0.25) is 15.7 Å². The molecule has 1 atom stereocenters. The van der Waals surface area contributed by atoms with E-state index in [1.165, 1.54) is 16.7 Å². The SMILES string of the molecule is CC(C)S(=O)(=O)N1CCC[C@@H](Oc2nccnc2C#N)C1. The first-order valence-electron chi connectivity index (χ1n) is 6.82. The van der Waals surface area contributed by atoms with E-state index in [9.17, 15) is 8.42 Å². The van der Waals surface area contributed by atoms with Gasteiger partial charge in [0.15, 0.2) is 0 Å². The highest BCUT2D eigenvalue weighted by Gasteiger charge is 2.32. The summed E-state index contributed by atoms with van der Waals surface area (Å²) in [6.45, 7) is 4.11. The fourth-order valence-corrected chi connectivity index (χ4v) is 3.53. The summed E-state index contributed by atoms with van der Waals surface area (Å²) >= 11 is 0. The molecule has 1 aromatic heterocycles. The smallest absolute Gasteiger partial charge is 0.251 e. The van der Waals surface area contributed by atoms with Gasteiger partial charge >= 0.3 is 0 Å². The third-order valence-corrected chi connectivity index (χ3v) is 5.59. The average Bonchev–Trinajstić information content (AvgIpc) is 2.48. The van der Waals surface area contributed by atoms with Crippen LogP contribution in [-0.2, 0) is 10.0 Å². The van der Waals surface area contributed by atoms with E-state index < -0.39 is 15.3 Å². The molecule has 8 heteroatoms. The lowest BCUT2D eigenvalue weighted by Gasteiger charge is -2.32. The van der Waals surface area contributed by atoms with Gasteiger partial charge in [-0.15, -0.1) is 0 Å². The minimum absolute atomic E-state index is 0.112. The molecule has 0 spiro atoms. The molecule has 2 heterocycles. The van der Waals surface area contributed by atoms with Crippen LogP contribution in [0, 0.1) is 11.3 Å². The third kappa shape index (κ3) is 3.49. The van der Waals surface area contributed by atoms with E-state index in [2.05, 4.69) is 9.97 Å². The Morgan fingerprint density at radius 1 is 1.43 bits per heavy atom. The molecule has 2 rings (SSSR count). The Labute approximate surface area is 124 Å². The summed E-state index contributed by atoms with van der Waals surface area (Å²) in [5.41, 5.74) is 0.112. The van der Waals surface area contributed by atoms with Crippen LogP contribution in [0.25, 0.3) is 0 Å². The van der Waals surface area contributed by atoms with Crippen LogP contribution in [0.1, 0.15) is 32.4 Å². The van der Waals surface area contributed by atoms with Crippen molar-refractivity contribution in [2.45, 2.75) is 38.0 Å². The van der Waals surface area contributed by atoms with E-state index in [1.807, 2.05) is 6.07 Å². The molecular formula is C13H18N4O3S. The number of nitriles is 1. The van der Waals surface area contributed by atoms with E-state index >= 15 is 0 Å². The van der Waals surface area contributed by atoms with Gasteiger partial charge in [0, 0.05) is 18.9 Å². The largest absolute Gasteiger partial charge is 0.471 e. The lowest BCUT2D eigenvalue weighted by Crippen LogP contribution is -2.46. The second kappa shape index (κ2) is 6.37. The van der Waals surface area contributed by atoms with Crippen LogP contribution in [0.2, 0.25) is 0 Å². The van der Waals surface area contributed by atoms with Crippen LogP contribution in [0.15, 0.2) is 12.4 Å². The van der Waals surface area contributed by atoms with Crippen molar-refractivity contribution in [1.29, 1.82) is 5.26 Å². The zero-order chi connectivity index (χ0) is 15.5. The fourth-order valence-electron chi connectivity index (χ4n) is 2.18. The lowest BCUT2D eigenvalue weighted by molar-refractivity contribution is 0.123. The van der Waals surface area contributed by atoms with E-state index in [0.29, 0.717) is 6.54 Å². The van der Waals surface area contributed by atoms with E-state index in [0.717, 1.165) is 12.8 Å². The number of hydrogen-bond acceptors (Lipinski definition) is 6. The minimum Gasteiger partial charge on any atom is -0.471 e. The standard InChI is InChI=1S/C13H18N4O3S/c1-10(2)21(18,19)17-7-3-4-11(9-17)20-13-12(8-14)15-5-6-16-13/h5-6,10-11H,3-4,7,9H2,1-2H3/t11-/m1/s1. The maximum atomic E-state index is 12.2. The molecular weight excluding hydrogens is 292 g/mol. The molecule has 0 bridgehead atoms. The molecule has 7 nitrogen and oxygen atoms in total. The van der Waals surface area contributed by atoms with Crippen LogP contribution in [0.3, 0.4) is 0 Å². The van der Waals surface area contributed by atoms with Crippen LogP contribution < -0.4 is 4.74 Å². The zero-order valence-electron chi connectivity index (χ0n) is 12.1. The van der Waals surface area contributed by atoms with Gasteiger partial charge in [-0.05, 0) is 26.7 Å². The molecule has 0 aromatic carbocycles. The number of aromatic nitrogens is 2. The van der Waals surface area contributed by atoms with Crippen molar-refractivity contribution in [3.63, 3.8) is 0 Å². The Bertz CT molecular complexity index is 639. The molecule has 1 aliphatic heterocycles. The molecule has 1 fully saturated rings. The molecule has 1 saturated heterocycles. The number of nitrogens with zero attached hydrogens (tertiary/aromatic N) is 4. The highest BCUT2D eigenvalue weighted by atomic mass is 32.2. The number of hydrogen-bond donors (Lipinski definition) is 0. The molecule has 0 amide bonds. The fraction of sp³-hybridized carbons (Fsp3) is 0.615. The molecule has 0 unspecified atom stereocenters. The van der Waals surface area contributed by atoms with Gasteiger partial charge in [0.25, 0.3) is 5.88 Å². The Kier molecular flexibility index (Phi) is 4.75. The number of piperidine rings is 1. The second-order valence-electron chi connectivity index (χ2n) is 5.16. The first-order chi connectivity index (χ1) is 9.95. The summed E-state index contributed by atoms with van der Waals surface area (Å²) in [4.78, 5) is 7.87. The summed E-state index contributed by atoms with van der Waals surface area (Å²) in [7, 11) is -3.29. The van der Waals surface area contributed by atoms with Crippen LogP contribution in [-0.4, -0.2) is 47.1 Å². The van der Waals surface area contributed by atoms with E-state index in [-0.39, 0.29) is 24.2 Å². The van der Waals surface area contributed by atoms with Crippen LogP contribution >= 0.6 is 0 Å². The summed E-state index contributed by atoms with van der Waals surface area (Å²) in [5.74, 6) is 0.161. The monoisotopic (exact) mass is 310 g/mol. The topological polar surface area (TPSA) is 96.2 Å². The Hall–Kier alpha value is -1.72. The maximum absolute atomic E-state index is 12.2. The molecule has 0 N–H and O–H groups in total. The Morgan fingerprint density at radius 3 is 2.81 bits per heavy atom. The van der Waals surface area contributed by atoms with Gasteiger partial charge in [0.05, 0.1) is 11.8 Å². The first-order valence-corrected chi connectivity index (χ1v) is 8.32. The highest BCUT2D eigenvalue weighted by molar-refractivity contribution is 7.89. The molecule has 1 aromatic rings. The molecule has 1 aliphatic rings. The molecule has 0 aliphatic carbocycles. The number of rotatable bonds is 4. The summed E-state index contributed by atoms with van der Waals surface area (Å²) < 4.78 is 31.5. The predicted octanol–water partition coefficient (Wildman–Crippen LogP) is 0.930. The number of sulfonamides is 1. The van der Waals surface area contributed by atoms with E-state index in [4.69, 9.17) is 10.00 Å². The molecule has 114 valence electrons. The van der Waals surface area contributed by atoms with Crippen LogP contribution in [0.4, 0.5) is 0 Å². The zero-order valence-corrected chi connectivity index (χ0v) is 12.9. The van der Waals surface area contributed by atoms with Crippen molar-refractivity contribution in [3.8, 4) is 11.9 Å². The van der Waals surface area contributed by atoms with Gasteiger partial charge in [-0.3, -0.25) is 0 Å². The van der Waals surface area contributed by atoms with Gasteiger partial charge < -0.3 is 4.74 Å². The van der Waals surface area contributed by atoms with Crippen molar-refractivity contribution < 1.29 is 13.2 Å². The van der Waals surface area contributed by atoms with Crippen molar-refractivity contribution in [3.05, 3.63) is 18.1 Å². The minimum atomic E-state index is -3.29. The first kappa shape index (κ1) is 15.7. The maximum Gasteiger partial charge on any atom is 0.251 e. The second-order valence-corrected chi connectivity index (χ2v) is 7.64. The van der Waals surface area contributed by atoms with Crippen LogP contribution in [0.5, 0.6) is 5.88 Å². The normalized spacial score (nSPS) is 20.2. The van der Waals surface area contributed by atoms with E-state index in [1.54, 1.807) is 13.8 Å². The Morgan fingerprint density at radius 2 is 2.14 bits per heavy atom. The van der Waals surface area contributed by atoms with Gasteiger partial charge in [-0.1, -0.05) is 0 Å². The summed E-state index contributed by atoms with van der Waals surface area (Å²) in [6, 6.07) is 1.91. The highest BCUT2D eigenvalue weighted by Crippen LogP contribution is 2.21. The molecule has 21 heavy (non-hydrogen) atoms. The van der Waals surface area contributed by atoms with Crippen molar-refractivity contribution >= 4 is 10.0 Å². The van der Waals surface area contributed by atoms with Gasteiger partial charge in [0.1, 0.15) is 12.2 Å².